The smallest absolute Gasteiger partial charge is 0.325 e. The number of carbonyl (C=O) groups excluding carboxylic acids is 1. The highest BCUT2D eigenvalue weighted by atomic mass is 16.5. The third-order valence-electron chi connectivity index (χ3n) is 4.37. The van der Waals surface area contributed by atoms with Crippen LogP contribution in [0, 0.1) is 0 Å². The van der Waals surface area contributed by atoms with Crippen LogP contribution in [-0.2, 0) is 14.3 Å². The summed E-state index contributed by atoms with van der Waals surface area (Å²) in [5, 5.41) is 0. The van der Waals surface area contributed by atoms with Gasteiger partial charge in [-0.3, -0.25) is 9.69 Å². The topological polar surface area (TPSA) is 64.8 Å². The molecule has 104 valence electrons. The highest BCUT2D eigenvalue weighted by Crippen LogP contribution is 2.33. The van der Waals surface area contributed by atoms with Crippen LogP contribution in [0.15, 0.2) is 0 Å². The summed E-state index contributed by atoms with van der Waals surface area (Å²) in [6.45, 7) is 2.04. The molecule has 2 aliphatic rings. The summed E-state index contributed by atoms with van der Waals surface area (Å²) in [4.78, 5) is 14.1. The molecule has 2 fully saturated rings. The first-order valence-electron chi connectivity index (χ1n) is 6.73. The summed E-state index contributed by atoms with van der Waals surface area (Å²) in [5.41, 5.74) is 5.37. The molecular formula is C13H24N2O3. The van der Waals surface area contributed by atoms with Gasteiger partial charge in [-0.05, 0) is 38.6 Å². The van der Waals surface area contributed by atoms with Crippen LogP contribution >= 0.6 is 0 Å². The third kappa shape index (κ3) is 2.68. The Balaban J connectivity index is 1.94. The van der Waals surface area contributed by atoms with E-state index in [1.807, 2.05) is 0 Å². The van der Waals surface area contributed by atoms with E-state index in [1.54, 1.807) is 7.11 Å². The van der Waals surface area contributed by atoms with Gasteiger partial charge in [-0.15, -0.1) is 0 Å². The van der Waals surface area contributed by atoms with E-state index < -0.39 is 5.54 Å². The Morgan fingerprint density at radius 1 is 1.39 bits per heavy atom. The predicted octanol–water partition coefficient (Wildman–Crippen LogP) is 0.520. The van der Waals surface area contributed by atoms with Crippen molar-refractivity contribution in [3.05, 3.63) is 0 Å². The molecule has 1 saturated heterocycles. The first kappa shape index (κ1) is 13.8. The second-order valence-corrected chi connectivity index (χ2v) is 5.54. The van der Waals surface area contributed by atoms with Gasteiger partial charge in [0, 0.05) is 19.7 Å². The number of rotatable bonds is 3. The van der Waals surface area contributed by atoms with Crippen molar-refractivity contribution in [3.63, 3.8) is 0 Å². The van der Waals surface area contributed by atoms with Gasteiger partial charge >= 0.3 is 5.97 Å². The molecule has 2 N–H and O–H groups in total. The Bertz CT molecular complexity index is 311. The predicted molar refractivity (Wildman–Crippen MR) is 68.2 cm³/mol. The summed E-state index contributed by atoms with van der Waals surface area (Å²) < 4.78 is 10.2. The number of hydrogen-bond donors (Lipinski definition) is 1. The fourth-order valence-corrected chi connectivity index (χ4v) is 3.24. The van der Waals surface area contributed by atoms with E-state index >= 15 is 0 Å². The van der Waals surface area contributed by atoms with Crippen molar-refractivity contribution in [2.75, 3.05) is 27.3 Å². The lowest BCUT2D eigenvalue weighted by Crippen LogP contribution is -2.50. The Kier molecular flexibility index (Phi) is 4.25. The standard InChI is InChI=1S/C13H24N2O3/c1-17-11-4-3-7-15(9-11)10-5-6-13(14,8-10)12(16)18-2/h10-11H,3-9,14H2,1-2H3. The maximum absolute atomic E-state index is 11.7. The van der Waals surface area contributed by atoms with Crippen molar-refractivity contribution in [2.24, 2.45) is 5.73 Å². The molecule has 1 heterocycles. The molecule has 0 aromatic heterocycles. The lowest BCUT2D eigenvalue weighted by atomic mass is 9.98. The van der Waals surface area contributed by atoms with Gasteiger partial charge in [-0.25, -0.2) is 0 Å². The number of nitrogens with zero attached hydrogens (tertiary/aromatic N) is 1. The van der Waals surface area contributed by atoms with Crippen molar-refractivity contribution < 1.29 is 14.3 Å². The van der Waals surface area contributed by atoms with Crippen molar-refractivity contribution >= 4 is 5.97 Å². The van der Waals surface area contributed by atoms with E-state index in [4.69, 9.17) is 15.2 Å². The molecular weight excluding hydrogens is 232 g/mol. The van der Waals surface area contributed by atoms with Crippen LogP contribution in [0.25, 0.3) is 0 Å². The summed E-state index contributed by atoms with van der Waals surface area (Å²) >= 11 is 0. The van der Waals surface area contributed by atoms with Crippen molar-refractivity contribution in [1.82, 2.24) is 4.90 Å². The molecule has 5 heteroatoms. The van der Waals surface area contributed by atoms with Gasteiger partial charge in [0.05, 0.1) is 13.2 Å². The number of carbonyl (C=O) groups is 1. The molecule has 1 saturated carbocycles. The van der Waals surface area contributed by atoms with Crippen LogP contribution in [-0.4, -0.2) is 55.9 Å². The summed E-state index contributed by atoms with van der Waals surface area (Å²) in [6, 6.07) is 0.395. The first-order chi connectivity index (χ1) is 8.59. The maximum Gasteiger partial charge on any atom is 0.325 e. The molecule has 5 nitrogen and oxygen atoms in total. The molecule has 0 amide bonds. The Morgan fingerprint density at radius 3 is 2.83 bits per heavy atom. The fraction of sp³-hybridized carbons (Fsp3) is 0.923. The molecule has 0 aromatic carbocycles. The van der Waals surface area contributed by atoms with Crippen LogP contribution < -0.4 is 5.73 Å². The SMILES string of the molecule is COC(=O)C1(N)CCC(N2CCCC(OC)C2)C1. The summed E-state index contributed by atoms with van der Waals surface area (Å²) in [6.07, 6.45) is 5.01. The van der Waals surface area contributed by atoms with E-state index in [2.05, 4.69) is 4.90 Å². The highest BCUT2D eigenvalue weighted by molar-refractivity contribution is 5.81. The van der Waals surface area contributed by atoms with Gasteiger partial charge in [-0.2, -0.15) is 0 Å². The zero-order valence-electron chi connectivity index (χ0n) is 11.4. The van der Waals surface area contributed by atoms with Crippen LogP contribution in [0.5, 0.6) is 0 Å². The van der Waals surface area contributed by atoms with Gasteiger partial charge in [0.15, 0.2) is 0 Å². The Labute approximate surface area is 109 Å². The minimum absolute atomic E-state index is 0.273. The molecule has 18 heavy (non-hydrogen) atoms. The molecule has 0 radical (unpaired) electrons. The number of nitrogens with two attached hydrogens (primary N) is 1. The Hall–Kier alpha value is -0.650. The van der Waals surface area contributed by atoms with Crippen molar-refractivity contribution in [3.8, 4) is 0 Å². The zero-order chi connectivity index (χ0) is 13.2. The van der Waals surface area contributed by atoms with Crippen LogP contribution in [0.2, 0.25) is 0 Å². The first-order valence-corrected chi connectivity index (χ1v) is 6.73. The van der Waals surface area contributed by atoms with Gasteiger partial charge in [-0.1, -0.05) is 0 Å². The zero-order valence-corrected chi connectivity index (χ0v) is 11.4. The van der Waals surface area contributed by atoms with Gasteiger partial charge in [0.25, 0.3) is 0 Å². The molecule has 1 aliphatic heterocycles. The highest BCUT2D eigenvalue weighted by Gasteiger charge is 2.45. The van der Waals surface area contributed by atoms with Crippen LogP contribution in [0.1, 0.15) is 32.1 Å². The average molecular weight is 256 g/mol. The van der Waals surface area contributed by atoms with E-state index in [-0.39, 0.29) is 5.97 Å². The molecule has 0 aromatic rings. The van der Waals surface area contributed by atoms with E-state index in [0.717, 1.165) is 38.8 Å². The number of methoxy groups -OCH3 is 2. The van der Waals surface area contributed by atoms with Crippen molar-refractivity contribution in [1.29, 1.82) is 0 Å². The van der Waals surface area contributed by atoms with Crippen molar-refractivity contribution in [2.45, 2.75) is 49.8 Å². The molecule has 0 spiro atoms. The molecule has 0 bridgehead atoms. The fourth-order valence-electron chi connectivity index (χ4n) is 3.24. The lowest BCUT2D eigenvalue weighted by molar-refractivity contribution is -0.147. The summed E-state index contributed by atoms with van der Waals surface area (Å²) in [7, 11) is 3.18. The maximum atomic E-state index is 11.7. The lowest BCUT2D eigenvalue weighted by Gasteiger charge is -2.36. The number of piperidine rings is 1. The van der Waals surface area contributed by atoms with Gasteiger partial charge in [0.1, 0.15) is 5.54 Å². The van der Waals surface area contributed by atoms with Gasteiger partial charge in [0.2, 0.25) is 0 Å². The van der Waals surface area contributed by atoms with E-state index in [0.29, 0.717) is 18.6 Å². The minimum Gasteiger partial charge on any atom is -0.468 e. The van der Waals surface area contributed by atoms with E-state index in [9.17, 15) is 4.79 Å². The molecule has 3 atom stereocenters. The largest absolute Gasteiger partial charge is 0.468 e. The number of hydrogen-bond acceptors (Lipinski definition) is 5. The van der Waals surface area contributed by atoms with Gasteiger partial charge < -0.3 is 15.2 Å². The monoisotopic (exact) mass is 256 g/mol. The normalized spacial score (nSPS) is 37.7. The third-order valence-corrected chi connectivity index (χ3v) is 4.37. The molecule has 1 aliphatic carbocycles. The second kappa shape index (κ2) is 5.55. The minimum atomic E-state index is -0.778. The number of ether oxygens (including phenoxy) is 2. The summed E-state index contributed by atoms with van der Waals surface area (Å²) in [5.74, 6) is -0.273. The number of esters is 1. The van der Waals surface area contributed by atoms with Crippen LogP contribution in [0.4, 0.5) is 0 Å². The molecule has 2 rings (SSSR count). The molecule has 3 unspecified atom stereocenters. The number of likely N-dealkylation sites (tertiary alicyclic amines) is 1. The quantitative estimate of drug-likeness (QED) is 0.746. The average Bonchev–Trinajstić information content (AvgIpc) is 2.82. The second-order valence-electron chi connectivity index (χ2n) is 5.54. The van der Waals surface area contributed by atoms with E-state index in [1.165, 1.54) is 7.11 Å². The Morgan fingerprint density at radius 2 is 2.17 bits per heavy atom. The van der Waals surface area contributed by atoms with Crippen LogP contribution in [0.3, 0.4) is 0 Å².